The molecular weight excluding hydrogens is 267 g/mol. The third-order valence-electron chi connectivity index (χ3n) is 3.66. The molecule has 1 N–H and O–H groups in total. The van der Waals surface area contributed by atoms with E-state index in [2.05, 4.69) is 10.3 Å². The fourth-order valence-electron chi connectivity index (χ4n) is 2.33. The summed E-state index contributed by atoms with van der Waals surface area (Å²) in [6.07, 6.45) is -1.16. The van der Waals surface area contributed by atoms with Gasteiger partial charge < -0.3 is 9.88 Å². The number of benzene rings is 1. The van der Waals surface area contributed by atoms with E-state index in [0.717, 1.165) is 36.4 Å². The van der Waals surface area contributed by atoms with Crippen molar-refractivity contribution in [3.05, 3.63) is 29.6 Å². The minimum absolute atomic E-state index is 0.406. The van der Waals surface area contributed by atoms with E-state index in [4.69, 9.17) is 0 Å². The van der Waals surface area contributed by atoms with Crippen molar-refractivity contribution >= 4 is 11.0 Å². The zero-order valence-electron chi connectivity index (χ0n) is 11.2. The van der Waals surface area contributed by atoms with E-state index in [1.54, 1.807) is 0 Å². The number of nitrogens with zero attached hydrogens (tertiary/aromatic N) is 2. The van der Waals surface area contributed by atoms with Crippen LogP contribution in [-0.2, 0) is 19.6 Å². The number of aryl methyl sites for hydroxylation is 1. The second-order valence-corrected chi connectivity index (χ2v) is 5.27. The summed E-state index contributed by atoms with van der Waals surface area (Å²) in [6, 6.07) is 4.34. The summed E-state index contributed by atoms with van der Waals surface area (Å²) in [5.74, 6) is 0.812. The lowest BCUT2D eigenvalue weighted by atomic mass is 10.2. The highest BCUT2D eigenvalue weighted by Crippen LogP contribution is 2.31. The maximum Gasteiger partial charge on any atom is 0.416 e. The Hall–Kier alpha value is -1.56. The normalized spacial score (nSPS) is 16.0. The molecule has 6 heteroatoms. The van der Waals surface area contributed by atoms with Crippen LogP contribution in [0.25, 0.3) is 11.0 Å². The molecular formula is C14H16F3N3. The lowest BCUT2D eigenvalue weighted by Gasteiger charge is -2.06. The number of fused-ring (bicyclic) bond motifs is 1. The molecule has 20 heavy (non-hydrogen) atoms. The largest absolute Gasteiger partial charge is 0.416 e. The molecule has 3 nitrogen and oxygen atoms in total. The first-order chi connectivity index (χ1) is 9.45. The fourth-order valence-corrected chi connectivity index (χ4v) is 2.33. The Morgan fingerprint density at radius 2 is 2.10 bits per heavy atom. The van der Waals surface area contributed by atoms with Crippen LogP contribution in [0.15, 0.2) is 18.2 Å². The van der Waals surface area contributed by atoms with E-state index in [9.17, 15) is 13.2 Å². The lowest BCUT2D eigenvalue weighted by Crippen LogP contribution is -2.20. The first-order valence-electron chi connectivity index (χ1n) is 6.71. The van der Waals surface area contributed by atoms with Crippen LogP contribution in [0, 0.1) is 0 Å². The molecule has 0 bridgehead atoms. The maximum absolute atomic E-state index is 12.7. The molecule has 0 atom stereocenters. The molecule has 2 aromatic rings. The molecule has 0 amide bonds. The molecule has 1 aliphatic rings. The van der Waals surface area contributed by atoms with E-state index in [1.165, 1.54) is 18.9 Å². The summed E-state index contributed by atoms with van der Waals surface area (Å²) in [7, 11) is 1.84. The highest BCUT2D eigenvalue weighted by Gasteiger charge is 2.31. The predicted octanol–water partition coefficient (Wildman–Crippen LogP) is 2.89. The van der Waals surface area contributed by atoms with Gasteiger partial charge in [-0.2, -0.15) is 13.2 Å². The van der Waals surface area contributed by atoms with Gasteiger partial charge in [-0.05, 0) is 31.0 Å². The fraction of sp³-hybridized carbons (Fsp3) is 0.500. The van der Waals surface area contributed by atoms with Gasteiger partial charge in [0.15, 0.2) is 0 Å². The molecule has 1 saturated carbocycles. The van der Waals surface area contributed by atoms with Gasteiger partial charge in [-0.25, -0.2) is 4.98 Å². The van der Waals surface area contributed by atoms with Crippen molar-refractivity contribution in [2.45, 2.75) is 31.5 Å². The third kappa shape index (κ3) is 2.65. The van der Waals surface area contributed by atoms with Crippen molar-refractivity contribution < 1.29 is 13.2 Å². The van der Waals surface area contributed by atoms with Crippen LogP contribution in [0.2, 0.25) is 0 Å². The van der Waals surface area contributed by atoms with Gasteiger partial charge in [0.25, 0.3) is 0 Å². The Bertz CT molecular complexity index is 626. The van der Waals surface area contributed by atoms with Crippen molar-refractivity contribution in [1.29, 1.82) is 0 Å². The Balaban J connectivity index is 1.84. The third-order valence-corrected chi connectivity index (χ3v) is 3.66. The van der Waals surface area contributed by atoms with Crippen molar-refractivity contribution in [1.82, 2.24) is 14.9 Å². The van der Waals surface area contributed by atoms with E-state index in [1.807, 2.05) is 11.6 Å². The molecule has 1 aromatic carbocycles. The zero-order chi connectivity index (χ0) is 14.3. The molecule has 0 radical (unpaired) electrons. The molecule has 1 heterocycles. The van der Waals surface area contributed by atoms with E-state index < -0.39 is 11.7 Å². The number of imidazole rings is 1. The summed E-state index contributed by atoms with van der Waals surface area (Å²) in [6.45, 7) is 0.813. The van der Waals surface area contributed by atoms with Crippen molar-refractivity contribution in [2.24, 2.45) is 7.05 Å². The molecule has 0 aliphatic heterocycles. The summed E-state index contributed by atoms with van der Waals surface area (Å²) < 4.78 is 39.9. The average molecular weight is 283 g/mol. The van der Waals surface area contributed by atoms with Crippen LogP contribution in [0.3, 0.4) is 0 Å². The quantitative estimate of drug-likeness (QED) is 0.935. The van der Waals surface area contributed by atoms with Crippen LogP contribution in [0.1, 0.15) is 24.2 Å². The standard InChI is InChI=1S/C14H16F3N3/c1-20-12-5-2-9(14(15,16)17)8-11(12)19-13(20)6-7-18-10-3-4-10/h2,5,8,10,18H,3-4,6-7H2,1H3. The van der Waals surface area contributed by atoms with Crippen molar-refractivity contribution in [2.75, 3.05) is 6.54 Å². The topological polar surface area (TPSA) is 29.9 Å². The summed E-state index contributed by atoms with van der Waals surface area (Å²) >= 11 is 0. The minimum Gasteiger partial charge on any atom is -0.331 e. The van der Waals surface area contributed by atoms with Gasteiger partial charge in [-0.15, -0.1) is 0 Å². The summed E-state index contributed by atoms with van der Waals surface area (Å²) in [5.41, 5.74) is 0.494. The summed E-state index contributed by atoms with van der Waals surface area (Å²) in [4.78, 5) is 4.33. The van der Waals surface area contributed by atoms with Gasteiger partial charge in [0.1, 0.15) is 5.82 Å². The van der Waals surface area contributed by atoms with Gasteiger partial charge >= 0.3 is 6.18 Å². The molecule has 3 rings (SSSR count). The second kappa shape index (κ2) is 4.77. The van der Waals surface area contributed by atoms with Crippen LogP contribution in [-0.4, -0.2) is 22.1 Å². The molecule has 1 fully saturated rings. The molecule has 0 spiro atoms. The highest BCUT2D eigenvalue weighted by atomic mass is 19.4. The van der Waals surface area contributed by atoms with Gasteiger partial charge in [-0.1, -0.05) is 0 Å². The SMILES string of the molecule is Cn1c(CCNC2CC2)nc2cc(C(F)(F)F)ccc21. The number of alkyl halides is 3. The second-order valence-electron chi connectivity index (χ2n) is 5.27. The molecule has 0 saturated heterocycles. The lowest BCUT2D eigenvalue weighted by molar-refractivity contribution is -0.137. The summed E-state index contributed by atoms with van der Waals surface area (Å²) in [5, 5.41) is 3.38. The zero-order valence-corrected chi connectivity index (χ0v) is 11.2. The van der Waals surface area contributed by atoms with Gasteiger partial charge in [0, 0.05) is 26.1 Å². The van der Waals surface area contributed by atoms with E-state index in [0.29, 0.717) is 11.6 Å². The number of nitrogens with one attached hydrogen (secondary N) is 1. The smallest absolute Gasteiger partial charge is 0.331 e. The van der Waals surface area contributed by atoms with Gasteiger partial charge in [-0.3, -0.25) is 0 Å². The maximum atomic E-state index is 12.7. The first kappa shape index (κ1) is 13.4. The van der Waals surface area contributed by atoms with Crippen LogP contribution >= 0.6 is 0 Å². The Kier molecular flexibility index (Phi) is 3.20. The Morgan fingerprint density at radius 1 is 1.35 bits per heavy atom. The average Bonchev–Trinajstić information content (AvgIpc) is 3.14. The minimum atomic E-state index is -4.32. The Labute approximate surface area is 114 Å². The monoisotopic (exact) mass is 283 g/mol. The molecule has 1 aliphatic carbocycles. The van der Waals surface area contributed by atoms with Crippen LogP contribution < -0.4 is 5.32 Å². The highest BCUT2D eigenvalue weighted by molar-refractivity contribution is 5.77. The van der Waals surface area contributed by atoms with Gasteiger partial charge in [0.2, 0.25) is 0 Å². The number of aromatic nitrogens is 2. The molecule has 108 valence electrons. The number of hydrogen-bond donors (Lipinski definition) is 1. The Morgan fingerprint density at radius 3 is 2.75 bits per heavy atom. The predicted molar refractivity (Wildman–Crippen MR) is 70.4 cm³/mol. The molecule has 0 unspecified atom stereocenters. The van der Waals surface area contributed by atoms with Crippen molar-refractivity contribution in [3.8, 4) is 0 Å². The van der Waals surface area contributed by atoms with Crippen LogP contribution in [0.5, 0.6) is 0 Å². The van der Waals surface area contributed by atoms with E-state index in [-0.39, 0.29) is 0 Å². The van der Waals surface area contributed by atoms with Crippen LogP contribution in [0.4, 0.5) is 13.2 Å². The van der Waals surface area contributed by atoms with Crippen molar-refractivity contribution in [3.63, 3.8) is 0 Å². The molecule has 1 aromatic heterocycles. The number of hydrogen-bond acceptors (Lipinski definition) is 2. The number of rotatable bonds is 4. The van der Waals surface area contributed by atoms with E-state index >= 15 is 0 Å². The number of halogens is 3. The first-order valence-corrected chi connectivity index (χ1v) is 6.71. The van der Waals surface area contributed by atoms with Gasteiger partial charge in [0.05, 0.1) is 16.6 Å².